The van der Waals surface area contributed by atoms with Crippen molar-refractivity contribution in [2.75, 3.05) is 7.11 Å². The number of halogens is 2. The maximum atomic E-state index is 12.7. The molecular formula is C11H14F2O2. The highest BCUT2D eigenvalue weighted by molar-refractivity contribution is 5.41. The summed E-state index contributed by atoms with van der Waals surface area (Å²) in [5.74, 6) is 0.397. The van der Waals surface area contributed by atoms with E-state index in [1.807, 2.05) is 0 Å². The Balaban J connectivity index is 3.14. The second-order valence-electron chi connectivity index (χ2n) is 3.38. The van der Waals surface area contributed by atoms with Crippen LogP contribution in [0.2, 0.25) is 0 Å². The van der Waals surface area contributed by atoms with Crippen molar-refractivity contribution in [3.05, 3.63) is 29.3 Å². The van der Waals surface area contributed by atoms with Gasteiger partial charge in [0.25, 0.3) is 6.43 Å². The molecule has 0 aliphatic carbocycles. The average Bonchev–Trinajstić information content (AvgIpc) is 2.16. The zero-order valence-corrected chi connectivity index (χ0v) is 8.71. The monoisotopic (exact) mass is 216 g/mol. The smallest absolute Gasteiger partial charge is 0.264 e. The Labute approximate surface area is 87.5 Å². The van der Waals surface area contributed by atoms with E-state index in [1.54, 1.807) is 13.0 Å². The summed E-state index contributed by atoms with van der Waals surface area (Å²) in [5, 5.41) is 9.23. The molecule has 0 bridgehead atoms. The van der Waals surface area contributed by atoms with Crippen LogP contribution in [0.3, 0.4) is 0 Å². The van der Waals surface area contributed by atoms with Gasteiger partial charge < -0.3 is 9.84 Å². The quantitative estimate of drug-likeness (QED) is 0.838. The van der Waals surface area contributed by atoms with Gasteiger partial charge in [0.2, 0.25) is 0 Å². The molecule has 1 aromatic rings. The van der Waals surface area contributed by atoms with Crippen LogP contribution >= 0.6 is 0 Å². The molecule has 1 aromatic carbocycles. The van der Waals surface area contributed by atoms with Gasteiger partial charge in [-0.1, -0.05) is 12.1 Å². The van der Waals surface area contributed by atoms with Gasteiger partial charge in [0.05, 0.1) is 13.2 Å². The minimum atomic E-state index is -2.55. The van der Waals surface area contributed by atoms with E-state index in [-0.39, 0.29) is 12.0 Å². The lowest BCUT2D eigenvalue weighted by Gasteiger charge is -2.14. The molecule has 1 rings (SSSR count). The predicted molar refractivity (Wildman–Crippen MR) is 53.3 cm³/mol. The van der Waals surface area contributed by atoms with Crippen LogP contribution in [0.25, 0.3) is 0 Å². The normalized spacial score (nSPS) is 12.9. The minimum absolute atomic E-state index is 0.0738. The maximum Gasteiger partial charge on any atom is 0.264 e. The van der Waals surface area contributed by atoms with Crippen molar-refractivity contribution in [3.8, 4) is 5.75 Å². The molecule has 1 N–H and O–H groups in total. The van der Waals surface area contributed by atoms with Gasteiger partial charge in [-0.05, 0) is 13.0 Å². The molecule has 15 heavy (non-hydrogen) atoms. The minimum Gasteiger partial charge on any atom is -0.496 e. The number of alkyl halides is 2. The van der Waals surface area contributed by atoms with Crippen LogP contribution in [-0.4, -0.2) is 18.3 Å². The summed E-state index contributed by atoms with van der Waals surface area (Å²) in [6, 6.07) is 4.49. The van der Waals surface area contributed by atoms with Gasteiger partial charge in [-0.2, -0.15) is 0 Å². The molecule has 0 heterocycles. The molecule has 0 aliphatic heterocycles. The molecule has 0 aliphatic rings. The third-order valence-corrected chi connectivity index (χ3v) is 2.12. The summed E-state index contributed by atoms with van der Waals surface area (Å²) in [4.78, 5) is 0. The summed E-state index contributed by atoms with van der Waals surface area (Å²) >= 11 is 0. The summed E-state index contributed by atoms with van der Waals surface area (Å²) in [5.41, 5.74) is 0.306. The first-order valence-electron chi connectivity index (χ1n) is 4.68. The molecule has 4 heteroatoms. The molecule has 0 radical (unpaired) electrons. The van der Waals surface area contributed by atoms with Gasteiger partial charge in [0.15, 0.2) is 0 Å². The van der Waals surface area contributed by atoms with Gasteiger partial charge in [-0.25, -0.2) is 8.78 Å². The first-order valence-corrected chi connectivity index (χ1v) is 4.68. The Morgan fingerprint density at radius 1 is 1.40 bits per heavy atom. The fraction of sp³-hybridized carbons (Fsp3) is 0.455. The lowest BCUT2D eigenvalue weighted by Crippen LogP contribution is -2.08. The highest BCUT2D eigenvalue weighted by atomic mass is 19.3. The highest BCUT2D eigenvalue weighted by Gasteiger charge is 2.17. The molecule has 1 atom stereocenters. The number of hydrogen-bond acceptors (Lipinski definition) is 2. The Bertz CT molecular complexity index is 324. The molecule has 1 unspecified atom stereocenters. The van der Waals surface area contributed by atoms with E-state index in [1.165, 1.54) is 19.2 Å². The number of methoxy groups -OCH3 is 1. The van der Waals surface area contributed by atoms with Crippen molar-refractivity contribution >= 4 is 0 Å². The molecule has 0 fully saturated rings. The van der Waals surface area contributed by atoms with E-state index in [0.717, 1.165) is 0 Å². The largest absolute Gasteiger partial charge is 0.496 e. The number of aliphatic hydroxyl groups is 1. The Morgan fingerprint density at radius 3 is 2.53 bits per heavy atom. The first kappa shape index (κ1) is 11.9. The van der Waals surface area contributed by atoms with Crippen molar-refractivity contribution in [2.24, 2.45) is 0 Å². The zero-order chi connectivity index (χ0) is 11.4. The molecule has 0 amide bonds. The van der Waals surface area contributed by atoms with Crippen LogP contribution in [-0.2, 0) is 6.42 Å². The second-order valence-corrected chi connectivity index (χ2v) is 3.38. The lowest BCUT2D eigenvalue weighted by molar-refractivity contribution is 0.147. The van der Waals surface area contributed by atoms with Crippen molar-refractivity contribution in [3.63, 3.8) is 0 Å². The highest BCUT2D eigenvalue weighted by Crippen LogP contribution is 2.30. The number of ether oxygens (including phenoxy) is 1. The Kier molecular flexibility index (Phi) is 4.03. The Hall–Kier alpha value is -1.16. The zero-order valence-electron chi connectivity index (χ0n) is 8.71. The van der Waals surface area contributed by atoms with Gasteiger partial charge in [0.1, 0.15) is 5.75 Å². The van der Waals surface area contributed by atoms with E-state index in [0.29, 0.717) is 11.3 Å². The fourth-order valence-corrected chi connectivity index (χ4v) is 1.49. The third-order valence-electron chi connectivity index (χ3n) is 2.12. The van der Waals surface area contributed by atoms with Gasteiger partial charge >= 0.3 is 0 Å². The summed E-state index contributed by atoms with van der Waals surface area (Å²) in [7, 11) is 1.43. The van der Waals surface area contributed by atoms with E-state index >= 15 is 0 Å². The first-order chi connectivity index (χ1) is 7.06. The summed E-state index contributed by atoms with van der Waals surface area (Å²) < 4.78 is 30.3. The molecule has 0 saturated carbocycles. The Morgan fingerprint density at radius 2 is 2.07 bits per heavy atom. The van der Waals surface area contributed by atoms with Crippen molar-refractivity contribution in [1.29, 1.82) is 0 Å². The van der Waals surface area contributed by atoms with E-state index in [4.69, 9.17) is 4.74 Å². The van der Waals surface area contributed by atoms with Crippen molar-refractivity contribution < 1.29 is 18.6 Å². The van der Waals surface area contributed by atoms with Gasteiger partial charge in [0, 0.05) is 17.5 Å². The van der Waals surface area contributed by atoms with E-state index in [2.05, 4.69) is 0 Å². The van der Waals surface area contributed by atoms with Crippen molar-refractivity contribution in [1.82, 2.24) is 0 Å². The number of rotatable bonds is 4. The fourth-order valence-electron chi connectivity index (χ4n) is 1.49. The number of aliphatic hydroxyl groups excluding tert-OH is 1. The maximum absolute atomic E-state index is 12.7. The molecule has 2 nitrogen and oxygen atoms in total. The van der Waals surface area contributed by atoms with Crippen molar-refractivity contribution in [2.45, 2.75) is 25.9 Å². The number of benzene rings is 1. The second kappa shape index (κ2) is 5.07. The SMILES string of the molecule is COc1cccc(C(F)F)c1CC(C)O. The topological polar surface area (TPSA) is 29.5 Å². The molecule has 84 valence electrons. The third kappa shape index (κ3) is 2.89. The van der Waals surface area contributed by atoms with E-state index < -0.39 is 12.5 Å². The molecule has 0 saturated heterocycles. The molecule has 0 spiro atoms. The summed E-state index contributed by atoms with van der Waals surface area (Å²) in [6.45, 7) is 1.56. The van der Waals surface area contributed by atoms with Crippen LogP contribution in [0.5, 0.6) is 5.75 Å². The summed E-state index contributed by atoms with van der Waals surface area (Å²) in [6.07, 6.45) is -3.04. The van der Waals surface area contributed by atoms with E-state index in [9.17, 15) is 13.9 Å². The lowest BCUT2D eigenvalue weighted by atomic mass is 10.0. The van der Waals surface area contributed by atoms with Crippen LogP contribution in [0.1, 0.15) is 24.5 Å². The van der Waals surface area contributed by atoms with Gasteiger partial charge in [-0.3, -0.25) is 0 Å². The van der Waals surface area contributed by atoms with Crippen LogP contribution in [0.15, 0.2) is 18.2 Å². The average molecular weight is 216 g/mol. The molecular weight excluding hydrogens is 202 g/mol. The standard InChI is InChI=1S/C11H14F2O2/c1-7(14)6-9-8(11(12)13)4-3-5-10(9)15-2/h3-5,7,11,14H,6H2,1-2H3. The molecule has 0 aromatic heterocycles. The number of hydrogen-bond donors (Lipinski definition) is 1. The predicted octanol–water partition coefficient (Wildman–Crippen LogP) is 2.56. The van der Waals surface area contributed by atoms with Crippen LogP contribution < -0.4 is 4.74 Å². The van der Waals surface area contributed by atoms with Crippen LogP contribution in [0, 0.1) is 0 Å². The van der Waals surface area contributed by atoms with Crippen LogP contribution in [0.4, 0.5) is 8.78 Å². The van der Waals surface area contributed by atoms with Gasteiger partial charge in [-0.15, -0.1) is 0 Å².